The van der Waals surface area contributed by atoms with Crippen molar-refractivity contribution in [1.82, 2.24) is 10.2 Å². The number of hydrogen-bond acceptors (Lipinski definition) is 3. The van der Waals surface area contributed by atoms with E-state index in [1.165, 1.54) is 24.0 Å². The maximum atomic E-state index is 12.6. The van der Waals surface area contributed by atoms with Crippen LogP contribution in [0.2, 0.25) is 0 Å². The summed E-state index contributed by atoms with van der Waals surface area (Å²) in [5.74, 6) is 0.774. The molecule has 2 aromatic carbocycles. The van der Waals surface area contributed by atoms with Crippen molar-refractivity contribution in [3.63, 3.8) is 0 Å². The summed E-state index contributed by atoms with van der Waals surface area (Å²) in [6, 6.07) is 16.3. The first-order chi connectivity index (χ1) is 13.2. The Morgan fingerprint density at radius 2 is 1.74 bits per heavy atom. The molecule has 0 unspecified atom stereocenters. The number of hydrogen-bond donors (Lipinski definition) is 1. The SMILES string of the molecule is CCCOc1ccc(C(=O)NC[C@H](c2ccc(C)cc2)N2CCCC2)cc1. The minimum atomic E-state index is -0.0339. The second-order valence-electron chi connectivity index (χ2n) is 7.25. The van der Waals surface area contributed by atoms with Crippen LogP contribution < -0.4 is 10.1 Å². The topological polar surface area (TPSA) is 41.6 Å². The summed E-state index contributed by atoms with van der Waals surface area (Å²) in [5, 5.41) is 3.13. The van der Waals surface area contributed by atoms with Gasteiger partial charge >= 0.3 is 0 Å². The Hall–Kier alpha value is -2.33. The standard InChI is InChI=1S/C23H30N2O2/c1-3-16-27-21-12-10-20(11-13-21)23(26)24-17-22(25-14-4-5-15-25)19-8-6-18(2)7-9-19/h6-13,22H,3-5,14-17H2,1-2H3,(H,24,26)/t22-/m1/s1. The van der Waals surface area contributed by atoms with Crippen molar-refractivity contribution < 1.29 is 9.53 Å². The summed E-state index contributed by atoms with van der Waals surface area (Å²) < 4.78 is 5.58. The van der Waals surface area contributed by atoms with Crippen LogP contribution in [0.25, 0.3) is 0 Å². The number of carbonyl (C=O) groups excluding carboxylic acids is 1. The summed E-state index contributed by atoms with van der Waals surface area (Å²) in [6.45, 7) is 7.68. The van der Waals surface area contributed by atoms with Crippen molar-refractivity contribution in [2.45, 2.75) is 39.2 Å². The van der Waals surface area contributed by atoms with Gasteiger partial charge in [-0.15, -0.1) is 0 Å². The van der Waals surface area contributed by atoms with Gasteiger partial charge in [-0.3, -0.25) is 9.69 Å². The van der Waals surface area contributed by atoms with Gasteiger partial charge in [0.05, 0.1) is 12.6 Å². The van der Waals surface area contributed by atoms with Crippen molar-refractivity contribution >= 4 is 5.91 Å². The van der Waals surface area contributed by atoms with Gasteiger partial charge in [-0.05, 0) is 69.1 Å². The third-order valence-electron chi connectivity index (χ3n) is 5.09. The molecule has 0 aliphatic carbocycles. The van der Waals surface area contributed by atoms with E-state index in [-0.39, 0.29) is 11.9 Å². The highest BCUT2D eigenvalue weighted by Crippen LogP contribution is 2.25. The van der Waals surface area contributed by atoms with Crippen LogP contribution in [-0.2, 0) is 0 Å². The fraction of sp³-hybridized carbons (Fsp3) is 0.435. The largest absolute Gasteiger partial charge is 0.494 e. The number of rotatable bonds is 8. The van der Waals surface area contributed by atoms with Crippen molar-refractivity contribution in [3.05, 3.63) is 65.2 Å². The molecule has 1 aliphatic rings. The van der Waals surface area contributed by atoms with E-state index in [4.69, 9.17) is 4.74 Å². The van der Waals surface area contributed by atoms with Crippen LogP contribution in [-0.4, -0.2) is 37.0 Å². The predicted molar refractivity (Wildman–Crippen MR) is 109 cm³/mol. The fourth-order valence-corrected chi connectivity index (χ4v) is 3.51. The number of ether oxygens (including phenoxy) is 1. The van der Waals surface area contributed by atoms with Gasteiger partial charge in [-0.1, -0.05) is 36.8 Å². The van der Waals surface area contributed by atoms with E-state index in [2.05, 4.69) is 48.3 Å². The van der Waals surface area contributed by atoms with E-state index < -0.39 is 0 Å². The van der Waals surface area contributed by atoms with Gasteiger partial charge < -0.3 is 10.1 Å². The number of likely N-dealkylation sites (tertiary alicyclic amines) is 1. The van der Waals surface area contributed by atoms with Crippen LogP contribution in [0.5, 0.6) is 5.75 Å². The molecule has 3 rings (SSSR count). The minimum absolute atomic E-state index is 0.0339. The van der Waals surface area contributed by atoms with Gasteiger partial charge in [0, 0.05) is 12.1 Å². The van der Waals surface area contributed by atoms with Crippen LogP contribution >= 0.6 is 0 Å². The highest BCUT2D eigenvalue weighted by atomic mass is 16.5. The summed E-state index contributed by atoms with van der Waals surface area (Å²) in [6.07, 6.45) is 3.43. The predicted octanol–water partition coefficient (Wildman–Crippen LogP) is 4.35. The lowest BCUT2D eigenvalue weighted by molar-refractivity contribution is 0.0938. The van der Waals surface area contributed by atoms with Crippen LogP contribution in [0.15, 0.2) is 48.5 Å². The molecule has 1 atom stereocenters. The molecule has 4 nitrogen and oxygen atoms in total. The molecule has 1 saturated heterocycles. The average molecular weight is 367 g/mol. The van der Waals surface area contributed by atoms with Crippen molar-refractivity contribution in [1.29, 1.82) is 0 Å². The van der Waals surface area contributed by atoms with Crippen LogP contribution in [0.1, 0.15) is 53.7 Å². The molecule has 0 spiro atoms. The van der Waals surface area contributed by atoms with Gasteiger partial charge in [0.1, 0.15) is 5.75 Å². The lowest BCUT2D eigenvalue weighted by Crippen LogP contribution is -2.36. The van der Waals surface area contributed by atoms with Gasteiger partial charge in [0.15, 0.2) is 0 Å². The average Bonchev–Trinajstić information content (AvgIpc) is 3.22. The molecule has 0 aromatic heterocycles. The van der Waals surface area contributed by atoms with Crippen LogP contribution in [0.3, 0.4) is 0 Å². The second kappa shape index (κ2) is 9.56. The molecule has 144 valence electrons. The summed E-state index contributed by atoms with van der Waals surface area (Å²) in [4.78, 5) is 15.1. The molecule has 1 aliphatic heterocycles. The zero-order chi connectivity index (χ0) is 19.1. The molecule has 0 saturated carbocycles. The Morgan fingerprint density at radius 1 is 1.07 bits per heavy atom. The molecular formula is C23H30N2O2. The fourth-order valence-electron chi connectivity index (χ4n) is 3.51. The molecule has 2 aromatic rings. The number of benzene rings is 2. The first-order valence-electron chi connectivity index (χ1n) is 9.99. The van der Waals surface area contributed by atoms with Crippen molar-refractivity contribution in [3.8, 4) is 5.75 Å². The normalized spacial score (nSPS) is 15.5. The molecule has 0 bridgehead atoms. The Labute approximate surface area is 162 Å². The zero-order valence-electron chi connectivity index (χ0n) is 16.4. The lowest BCUT2D eigenvalue weighted by atomic mass is 10.0. The smallest absolute Gasteiger partial charge is 0.251 e. The third-order valence-corrected chi connectivity index (χ3v) is 5.09. The number of nitrogens with zero attached hydrogens (tertiary/aromatic N) is 1. The van der Waals surface area contributed by atoms with E-state index in [9.17, 15) is 4.79 Å². The van der Waals surface area contributed by atoms with E-state index in [0.717, 1.165) is 25.3 Å². The van der Waals surface area contributed by atoms with Gasteiger partial charge in [0.2, 0.25) is 0 Å². The molecule has 1 N–H and O–H groups in total. The number of amides is 1. The number of carbonyl (C=O) groups is 1. The highest BCUT2D eigenvalue weighted by molar-refractivity contribution is 5.94. The third kappa shape index (κ3) is 5.33. The van der Waals surface area contributed by atoms with Gasteiger partial charge in [0.25, 0.3) is 5.91 Å². The summed E-state index contributed by atoms with van der Waals surface area (Å²) in [5.41, 5.74) is 3.20. The maximum absolute atomic E-state index is 12.6. The first kappa shape index (κ1) is 19.4. The number of nitrogens with one attached hydrogen (secondary N) is 1. The molecule has 27 heavy (non-hydrogen) atoms. The Balaban J connectivity index is 1.63. The molecule has 1 amide bonds. The molecule has 1 fully saturated rings. The van der Waals surface area contributed by atoms with E-state index in [1.54, 1.807) is 0 Å². The zero-order valence-corrected chi connectivity index (χ0v) is 16.4. The minimum Gasteiger partial charge on any atom is -0.494 e. The highest BCUT2D eigenvalue weighted by Gasteiger charge is 2.24. The first-order valence-corrected chi connectivity index (χ1v) is 9.99. The van der Waals surface area contributed by atoms with Gasteiger partial charge in [-0.25, -0.2) is 0 Å². The van der Waals surface area contributed by atoms with Gasteiger partial charge in [-0.2, -0.15) is 0 Å². The summed E-state index contributed by atoms with van der Waals surface area (Å²) >= 11 is 0. The Bertz CT molecular complexity index is 719. The van der Waals surface area contributed by atoms with Crippen LogP contribution in [0, 0.1) is 6.92 Å². The van der Waals surface area contributed by atoms with Crippen LogP contribution in [0.4, 0.5) is 0 Å². The monoisotopic (exact) mass is 366 g/mol. The van der Waals surface area contributed by atoms with Crippen molar-refractivity contribution in [2.24, 2.45) is 0 Å². The Kier molecular flexibility index (Phi) is 6.88. The van der Waals surface area contributed by atoms with E-state index in [1.807, 2.05) is 24.3 Å². The molecule has 1 heterocycles. The Morgan fingerprint density at radius 3 is 2.37 bits per heavy atom. The van der Waals surface area contributed by atoms with E-state index >= 15 is 0 Å². The second-order valence-corrected chi connectivity index (χ2v) is 7.25. The molecular weight excluding hydrogens is 336 g/mol. The van der Waals surface area contributed by atoms with E-state index in [0.29, 0.717) is 18.7 Å². The van der Waals surface area contributed by atoms with Crippen molar-refractivity contribution in [2.75, 3.05) is 26.2 Å². The molecule has 0 radical (unpaired) electrons. The quantitative estimate of drug-likeness (QED) is 0.755. The molecule has 4 heteroatoms. The maximum Gasteiger partial charge on any atom is 0.251 e. The number of aryl methyl sites for hydroxylation is 1. The summed E-state index contributed by atoms with van der Waals surface area (Å²) in [7, 11) is 0. The lowest BCUT2D eigenvalue weighted by Gasteiger charge is -2.28.